The van der Waals surface area contributed by atoms with Crippen molar-refractivity contribution in [3.63, 3.8) is 0 Å². The van der Waals surface area contributed by atoms with Gasteiger partial charge in [-0.05, 0) is 18.6 Å². The second-order valence-corrected chi connectivity index (χ2v) is 6.19. The molecule has 1 aromatic carbocycles. The Morgan fingerprint density at radius 3 is 2.41 bits per heavy atom. The molecular formula is C19H22N4O6. The summed E-state index contributed by atoms with van der Waals surface area (Å²) in [7, 11) is 1.23. The molecular weight excluding hydrogens is 380 g/mol. The van der Waals surface area contributed by atoms with Crippen LogP contribution in [0, 0.1) is 0 Å². The standard InChI is InChI=1S/C19H22N4O6/c1-3-9-23-16(20)15(18(27)22(2)19(23)28)13(24)11-29-14(25)10-21-17(26)12-7-5-4-6-8-12/h4-8H,3,9-11,20H2,1-2H3,(H,21,26). The van der Waals surface area contributed by atoms with Gasteiger partial charge in [0.1, 0.15) is 17.9 Å². The van der Waals surface area contributed by atoms with Crippen molar-refractivity contribution in [1.29, 1.82) is 0 Å². The third kappa shape index (κ3) is 4.98. The van der Waals surface area contributed by atoms with Crippen molar-refractivity contribution in [3.8, 4) is 0 Å². The fourth-order valence-corrected chi connectivity index (χ4v) is 2.60. The number of carbonyl (C=O) groups excluding carboxylic acids is 3. The number of rotatable bonds is 8. The van der Waals surface area contributed by atoms with Crippen molar-refractivity contribution < 1.29 is 19.1 Å². The first kappa shape index (κ1) is 21.6. The number of ketones is 1. The van der Waals surface area contributed by atoms with Gasteiger partial charge in [0.2, 0.25) is 5.78 Å². The van der Waals surface area contributed by atoms with E-state index in [9.17, 15) is 24.0 Å². The average molecular weight is 402 g/mol. The number of nitrogens with one attached hydrogen (secondary N) is 1. The van der Waals surface area contributed by atoms with Gasteiger partial charge >= 0.3 is 11.7 Å². The van der Waals surface area contributed by atoms with Gasteiger partial charge in [-0.1, -0.05) is 25.1 Å². The molecule has 1 heterocycles. The van der Waals surface area contributed by atoms with Crippen LogP contribution in [0.4, 0.5) is 5.82 Å². The zero-order chi connectivity index (χ0) is 21.6. The molecule has 2 rings (SSSR count). The van der Waals surface area contributed by atoms with Gasteiger partial charge in [-0.15, -0.1) is 0 Å². The molecule has 0 radical (unpaired) electrons. The second-order valence-electron chi connectivity index (χ2n) is 6.19. The normalized spacial score (nSPS) is 10.4. The maximum absolute atomic E-state index is 12.4. The summed E-state index contributed by atoms with van der Waals surface area (Å²) in [5.74, 6) is -2.44. The SMILES string of the molecule is CCCn1c(N)c(C(=O)COC(=O)CNC(=O)c2ccccc2)c(=O)n(C)c1=O. The summed E-state index contributed by atoms with van der Waals surface area (Å²) < 4.78 is 6.73. The van der Waals surface area contributed by atoms with Gasteiger partial charge in [-0.25, -0.2) is 4.79 Å². The molecule has 29 heavy (non-hydrogen) atoms. The Morgan fingerprint density at radius 2 is 1.79 bits per heavy atom. The van der Waals surface area contributed by atoms with Crippen molar-refractivity contribution in [2.45, 2.75) is 19.9 Å². The predicted molar refractivity (Wildman–Crippen MR) is 105 cm³/mol. The Morgan fingerprint density at radius 1 is 1.14 bits per heavy atom. The average Bonchev–Trinajstić information content (AvgIpc) is 2.72. The molecule has 0 fully saturated rings. The van der Waals surface area contributed by atoms with Gasteiger partial charge in [0, 0.05) is 19.2 Å². The minimum atomic E-state index is -0.863. The largest absolute Gasteiger partial charge is 0.456 e. The lowest BCUT2D eigenvalue weighted by Crippen LogP contribution is -2.43. The van der Waals surface area contributed by atoms with E-state index in [0.29, 0.717) is 12.0 Å². The molecule has 2 aromatic rings. The molecule has 0 unspecified atom stereocenters. The highest BCUT2D eigenvalue weighted by Gasteiger charge is 2.22. The van der Waals surface area contributed by atoms with Crippen molar-refractivity contribution in [3.05, 3.63) is 62.3 Å². The minimum absolute atomic E-state index is 0.227. The number of esters is 1. The van der Waals surface area contributed by atoms with Crippen LogP contribution in [0.1, 0.15) is 34.1 Å². The molecule has 10 nitrogen and oxygen atoms in total. The van der Waals surface area contributed by atoms with Gasteiger partial charge in [0.05, 0.1) is 0 Å². The Hall–Kier alpha value is -3.69. The van der Waals surface area contributed by atoms with Crippen molar-refractivity contribution >= 4 is 23.5 Å². The molecule has 1 amide bonds. The van der Waals surface area contributed by atoms with E-state index < -0.39 is 47.6 Å². The fraction of sp³-hybridized carbons (Fsp3) is 0.316. The van der Waals surface area contributed by atoms with Crippen molar-refractivity contribution in [2.75, 3.05) is 18.9 Å². The van der Waals surface area contributed by atoms with E-state index in [-0.39, 0.29) is 12.4 Å². The third-order valence-electron chi connectivity index (χ3n) is 4.10. The van der Waals surface area contributed by atoms with Crippen LogP contribution in [0.5, 0.6) is 0 Å². The monoisotopic (exact) mass is 402 g/mol. The Kier molecular flexibility index (Phi) is 7.07. The van der Waals surface area contributed by atoms with Crippen LogP contribution < -0.4 is 22.3 Å². The maximum atomic E-state index is 12.4. The summed E-state index contributed by atoms with van der Waals surface area (Å²) in [5.41, 5.74) is 4.30. The number of ether oxygens (including phenoxy) is 1. The quantitative estimate of drug-likeness (QED) is 0.456. The van der Waals surface area contributed by atoms with Crippen LogP contribution in [0.2, 0.25) is 0 Å². The molecule has 1 aromatic heterocycles. The first-order chi connectivity index (χ1) is 13.8. The number of nitrogen functional groups attached to an aromatic ring is 1. The number of Topliss-reactive ketones (excluding diaryl/α,β-unsaturated/α-hetero) is 1. The van der Waals surface area contributed by atoms with Crippen molar-refractivity contribution in [2.24, 2.45) is 7.05 Å². The lowest BCUT2D eigenvalue weighted by Gasteiger charge is -2.14. The molecule has 0 aliphatic rings. The molecule has 0 bridgehead atoms. The summed E-state index contributed by atoms with van der Waals surface area (Å²) in [5, 5.41) is 2.37. The van der Waals surface area contributed by atoms with E-state index in [1.165, 1.54) is 7.05 Å². The number of carbonyl (C=O) groups is 3. The zero-order valence-electron chi connectivity index (χ0n) is 16.1. The van der Waals surface area contributed by atoms with Crippen LogP contribution in [0.3, 0.4) is 0 Å². The molecule has 0 saturated carbocycles. The molecule has 0 atom stereocenters. The van der Waals surface area contributed by atoms with Crippen LogP contribution in [-0.4, -0.2) is 39.9 Å². The minimum Gasteiger partial charge on any atom is -0.456 e. The Labute approximate surface area is 165 Å². The highest BCUT2D eigenvalue weighted by atomic mass is 16.5. The molecule has 0 saturated heterocycles. The summed E-state index contributed by atoms with van der Waals surface area (Å²) in [6.07, 6.45) is 0.562. The lowest BCUT2D eigenvalue weighted by molar-refractivity contribution is -0.141. The first-order valence-electron chi connectivity index (χ1n) is 8.89. The summed E-state index contributed by atoms with van der Waals surface area (Å²) in [4.78, 5) is 60.5. The number of amides is 1. The third-order valence-corrected chi connectivity index (χ3v) is 4.10. The van der Waals surface area contributed by atoms with E-state index in [1.54, 1.807) is 30.3 Å². The van der Waals surface area contributed by atoms with Crippen molar-refractivity contribution in [1.82, 2.24) is 14.5 Å². The number of aromatic nitrogens is 2. The number of anilines is 1. The second kappa shape index (κ2) is 9.49. The topological polar surface area (TPSA) is 142 Å². The fourth-order valence-electron chi connectivity index (χ4n) is 2.60. The van der Waals surface area contributed by atoms with Crippen LogP contribution >= 0.6 is 0 Å². The zero-order valence-corrected chi connectivity index (χ0v) is 16.1. The van der Waals surface area contributed by atoms with Gasteiger partial charge in [0.25, 0.3) is 11.5 Å². The lowest BCUT2D eigenvalue weighted by atomic mass is 10.2. The maximum Gasteiger partial charge on any atom is 0.332 e. The predicted octanol–water partition coefficient (Wildman–Crippen LogP) is -0.305. The van der Waals surface area contributed by atoms with E-state index in [1.807, 2.05) is 6.92 Å². The number of benzene rings is 1. The van der Waals surface area contributed by atoms with E-state index in [4.69, 9.17) is 10.5 Å². The molecule has 3 N–H and O–H groups in total. The summed E-state index contributed by atoms with van der Waals surface area (Å²) in [6.45, 7) is 0.835. The van der Waals surface area contributed by atoms with Gasteiger partial charge < -0.3 is 15.8 Å². The Balaban J connectivity index is 2.04. The molecule has 10 heteroatoms. The van der Waals surface area contributed by atoms with Gasteiger partial charge in [-0.2, -0.15) is 0 Å². The number of hydrogen-bond acceptors (Lipinski definition) is 7. The van der Waals surface area contributed by atoms with E-state index >= 15 is 0 Å². The smallest absolute Gasteiger partial charge is 0.332 e. The number of nitrogens with two attached hydrogens (primary N) is 1. The van der Waals surface area contributed by atoms with E-state index in [0.717, 1.165) is 9.13 Å². The number of nitrogens with zero attached hydrogens (tertiary/aromatic N) is 2. The van der Waals surface area contributed by atoms with E-state index in [2.05, 4.69) is 5.32 Å². The van der Waals surface area contributed by atoms with Crippen LogP contribution in [-0.2, 0) is 23.1 Å². The highest BCUT2D eigenvalue weighted by molar-refractivity contribution is 6.01. The number of hydrogen-bond donors (Lipinski definition) is 2. The highest BCUT2D eigenvalue weighted by Crippen LogP contribution is 2.07. The Bertz CT molecular complexity index is 1040. The van der Waals surface area contributed by atoms with Crippen LogP contribution in [0.25, 0.3) is 0 Å². The van der Waals surface area contributed by atoms with Gasteiger partial charge in [0.15, 0.2) is 6.61 Å². The summed E-state index contributed by atoms with van der Waals surface area (Å²) in [6, 6.07) is 8.25. The molecule has 0 spiro atoms. The first-order valence-corrected chi connectivity index (χ1v) is 8.89. The molecule has 0 aliphatic heterocycles. The van der Waals surface area contributed by atoms with Crippen LogP contribution in [0.15, 0.2) is 39.9 Å². The molecule has 0 aliphatic carbocycles. The molecule has 154 valence electrons. The van der Waals surface area contributed by atoms with Gasteiger partial charge in [-0.3, -0.25) is 28.3 Å². The summed E-state index contributed by atoms with van der Waals surface area (Å²) >= 11 is 0.